The van der Waals surface area contributed by atoms with E-state index in [1.807, 2.05) is 54.6 Å². The number of ether oxygens (including phenoxy) is 1. The van der Waals surface area contributed by atoms with Crippen molar-refractivity contribution in [3.8, 4) is 33.9 Å². The number of rotatable bonds is 3. The van der Waals surface area contributed by atoms with Gasteiger partial charge in [-0.1, -0.05) is 48.5 Å². The van der Waals surface area contributed by atoms with Gasteiger partial charge in [-0.25, -0.2) is 0 Å². The molecule has 0 bridgehead atoms. The molecule has 6 heteroatoms. The summed E-state index contributed by atoms with van der Waals surface area (Å²) < 4.78 is 12.6. The molecule has 0 spiro atoms. The predicted molar refractivity (Wildman–Crippen MR) is 171 cm³/mol. The second-order valence-corrected chi connectivity index (χ2v) is 10.8. The highest BCUT2D eigenvalue weighted by molar-refractivity contribution is 5.94. The molecule has 0 unspecified atom stereocenters. The van der Waals surface area contributed by atoms with Gasteiger partial charge in [0.05, 0.1) is 34.0 Å². The molecule has 0 radical (unpaired) electrons. The van der Waals surface area contributed by atoms with Gasteiger partial charge in [0, 0.05) is 23.6 Å². The summed E-state index contributed by atoms with van der Waals surface area (Å²) in [5.41, 5.74) is 9.77. The zero-order chi connectivity index (χ0) is 29.1. The Labute approximate surface area is 247 Å². The third-order valence-corrected chi connectivity index (χ3v) is 8.04. The van der Waals surface area contributed by atoms with Gasteiger partial charge in [-0.3, -0.25) is 14.8 Å². The van der Waals surface area contributed by atoms with Gasteiger partial charge in [0.2, 0.25) is 5.43 Å². The molecular formula is C37H25N3O3. The van der Waals surface area contributed by atoms with Gasteiger partial charge in [-0.15, -0.1) is 0 Å². The molecule has 1 aliphatic heterocycles. The fraction of sp³-hybridized carbons (Fsp3) is 0.0541. The number of hydrogen-bond donors (Lipinski definition) is 0. The molecule has 0 amide bonds. The van der Waals surface area contributed by atoms with Gasteiger partial charge in [0.1, 0.15) is 11.2 Å². The normalized spacial score (nSPS) is 12.2. The number of nitrogens with zero attached hydrogens (tertiary/aromatic N) is 3. The first kappa shape index (κ1) is 25.0. The lowest BCUT2D eigenvalue weighted by molar-refractivity contribution is 0.476. The Bertz CT molecular complexity index is 2220. The average molecular weight is 560 g/mol. The van der Waals surface area contributed by atoms with Crippen LogP contribution in [0.25, 0.3) is 44.3 Å². The minimum atomic E-state index is -0.0674. The summed E-state index contributed by atoms with van der Waals surface area (Å²) in [5, 5.41) is 1.06. The van der Waals surface area contributed by atoms with Gasteiger partial charge < -0.3 is 14.1 Å². The first-order valence-corrected chi connectivity index (χ1v) is 14.1. The number of benzene rings is 5. The third kappa shape index (κ3) is 4.07. The number of aromatic nitrogens is 2. The van der Waals surface area contributed by atoms with E-state index in [0.717, 1.165) is 62.1 Å². The molecule has 6 nitrogen and oxygen atoms in total. The quantitative estimate of drug-likeness (QED) is 0.201. The predicted octanol–water partition coefficient (Wildman–Crippen LogP) is 9.26. The fourth-order valence-electron chi connectivity index (χ4n) is 5.96. The van der Waals surface area contributed by atoms with Crippen LogP contribution in [-0.2, 0) is 0 Å². The molecular weight excluding hydrogens is 534 g/mol. The van der Waals surface area contributed by atoms with Crippen LogP contribution in [0.2, 0.25) is 0 Å². The molecule has 0 aliphatic carbocycles. The molecule has 0 saturated carbocycles. The molecule has 0 saturated heterocycles. The zero-order valence-electron chi connectivity index (χ0n) is 23.5. The van der Waals surface area contributed by atoms with Crippen LogP contribution in [0, 0.1) is 13.8 Å². The van der Waals surface area contributed by atoms with E-state index in [1.54, 1.807) is 24.7 Å². The van der Waals surface area contributed by atoms with E-state index in [2.05, 4.69) is 65.1 Å². The largest absolute Gasteiger partial charge is 0.456 e. The lowest BCUT2D eigenvalue weighted by atomic mass is 10.00. The molecule has 1 aliphatic rings. The van der Waals surface area contributed by atoms with Crippen LogP contribution in [-0.4, -0.2) is 9.97 Å². The number of fused-ring (bicyclic) bond motifs is 4. The average Bonchev–Trinajstić information content (AvgIpc) is 3.04. The van der Waals surface area contributed by atoms with E-state index in [9.17, 15) is 4.79 Å². The van der Waals surface area contributed by atoms with Crippen LogP contribution in [0.4, 0.5) is 17.1 Å². The maximum atomic E-state index is 13.7. The molecule has 5 aromatic carbocycles. The first-order valence-electron chi connectivity index (χ1n) is 14.1. The van der Waals surface area contributed by atoms with Crippen molar-refractivity contribution in [2.45, 2.75) is 13.8 Å². The highest BCUT2D eigenvalue weighted by Gasteiger charge is 2.28. The van der Waals surface area contributed by atoms with E-state index in [4.69, 9.17) is 9.15 Å². The maximum absolute atomic E-state index is 13.7. The van der Waals surface area contributed by atoms with Crippen molar-refractivity contribution < 1.29 is 9.15 Å². The van der Waals surface area contributed by atoms with Crippen LogP contribution in [0.15, 0.2) is 125 Å². The molecule has 8 rings (SSSR count). The summed E-state index contributed by atoms with van der Waals surface area (Å²) in [5.74, 6) is 1.64. The molecule has 7 aromatic rings. The van der Waals surface area contributed by atoms with Gasteiger partial charge in [0.25, 0.3) is 0 Å². The first-order chi connectivity index (χ1) is 21.0. The number of hydrogen-bond acceptors (Lipinski definition) is 6. The van der Waals surface area contributed by atoms with Crippen molar-refractivity contribution in [2.24, 2.45) is 0 Å². The molecule has 3 heterocycles. The Morgan fingerprint density at radius 3 is 2.12 bits per heavy atom. The molecule has 2 aromatic heterocycles. The van der Waals surface area contributed by atoms with E-state index in [1.165, 1.54) is 0 Å². The van der Waals surface area contributed by atoms with Crippen LogP contribution >= 0.6 is 0 Å². The topological polar surface area (TPSA) is 68.5 Å². The summed E-state index contributed by atoms with van der Waals surface area (Å²) >= 11 is 0. The molecule has 43 heavy (non-hydrogen) atoms. The van der Waals surface area contributed by atoms with Gasteiger partial charge in [-0.2, -0.15) is 0 Å². The summed E-state index contributed by atoms with van der Waals surface area (Å²) in [6, 6.07) is 32.0. The van der Waals surface area contributed by atoms with Crippen molar-refractivity contribution in [2.75, 3.05) is 4.90 Å². The Morgan fingerprint density at radius 2 is 1.37 bits per heavy atom. The third-order valence-electron chi connectivity index (χ3n) is 8.04. The molecule has 0 fully saturated rings. The smallest absolute Gasteiger partial charge is 0.200 e. The molecule has 0 atom stereocenters. The van der Waals surface area contributed by atoms with Gasteiger partial charge in [-0.05, 0) is 84.6 Å². The second-order valence-electron chi connectivity index (χ2n) is 10.8. The highest BCUT2D eigenvalue weighted by Crippen LogP contribution is 2.53. The highest BCUT2D eigenvalue weighted by atomic mass is 16.5. The van der Waals surface area contributed by atoms with E-state index in [-0.39, 0.29) is 5.43 Å². The van der Waals surface area contributed by atoms with Crippen molar-refractivity contribution >= 4 is 39.0 Å². The Kier molecular flexibility index (Phi) is 5.62. The van der Waals surface area contributed by atoms with Gasteiger partial charge >= 0.3 is 0 Å². The summed E-state index contributed by atoms with van der Waals surface area (Å²) in [4.78, 5) is 24.5. The van der Waals surface area contributed by atoms with Crippen molar-refractivity contribution in [1.82, 2.24) is 9.97 Å². The fourth-order valence-corrected chi connectivity index (χ4v) is 5.96. The SMILES string of the molecule is Cc1cccc2c1N(c1cccc(-c3ccc4oc5cc(-c6cnccn6)ccc5c(=O)c4c3)c1)c1c(C)cccc1O2. The van der Waals surface area contributed by atoms with Crippen LogP contribution in [0.3, 0.4) is 0 Å². The summed E-state index contributed by atoms with van der Waals surface area (Å²) in [6.07, 6.45) is 4.97. The summed E-state index contributed by atoms with van der Waals surface area (Å²) in [7, 11) is 0. The zero-order valence-corrected chi connectivity index (χ0v) is 23.5. The van der Waals surface area contributed by atoms with Gasteiger partial charge in [0.15, 0.2) is 11.5 Å². The van der Waals surface area contributed by atoms with E-state index in [0.29, 0.717) is 21.9 Å². The number of para-hydroxylation sites is 2. The van der Waals surface area contributed by atoms with Crippen molar-refractivity contribution in [3.05, 3.63) is 137 Å². The lowest BCUT2D eigenvalue weighted by Gasteiger charge is -2.35. The van der Waals surface area contributed by atoms with Crippen LogP contribution < -0.4 is 15.1 Å². The Hall–Kier alpha value is -5.75. The monoisotopic (exact) mass is 559 g/mol. The standard InChI is InChI=1S/C37H25N3O3/c1-22-6-3-10-32-35(22)40(36-23(2)7-4-11-33(36)43-32)27-9-5-8-24(18-27)25-13-15-31-29(19-25)37(41)28-14-12-26(20-34(28)42-31)30-21-38-16-17-39-30/h3-21H,1-2H3. The van der Waals surface area contributed by atoms with E-state index >= 15 is 0 Å². The number of anilines is 3. The summed E-state index contributed by atoms with van der Waals surface area (Å²) in [6.45, 7) is 4.21. The Balaban J connectivity index is 1.25. The lowest BCUT2D eigenvalue weighted by Crippen LogP contribution is -2.18. The minimum absolute atomic E-state index is 0.0674. The molecule has 0 N–H and O–H groups in total. The minimum Gasteiger partial charge on any atom is -0.456 e. The Morgan fingerprint density at radius 1 is 0.651 bits per heavy atom. The second kappa shape index (κ2) is 9.67. The van der Waals surface area contributed by atoms with Crippen molar-refractivity contribution in [1.29, 1.82) is 0 Å². The number of aryl methyl sites for hydroxylation is 2. The van der Waals surface area contributed by atoms with Crippen LogP contribution in [0.5, 0.6) is 11.5 Å². The molecule has 206 valence electrons. The van der Waals surface area contributed by atoms with Crippen LogP contribution in [0.1, 0.15) is 11.1 Å². The maximum Gasteiger partial charge on any atom is 0.200 e. The van der Waals surface area contributed by atoms with E-state index < -0.39 is 0 Å². The van der Waals surface area contributed by atoms with Crippen molar-refractivity contribution in [3.63, 3.8) is 0 Å².